The summed E-state index contributed by atoms with van der Waals surface area (Å²) >= 11 is 1.42. The molecule has 1 aliphatic rings. The van der Waals surface area contributed by atoms with Gasteiger partial charge in [-0.25, -0.2) is 9.78 Å². The van der Waals surface area contributed by atoms with E-state index in [1.54, 1.807) is 30.3 Å². The number of aliphatic hydroxyl groups excluding tert-OH is 1. The standard InChI is InChI=1S/C29H42N2O5S/c1-18(2)15-29(26(34)36-28(6,7)8)16-20(17-32)23(24-30-12-13-37-24)31(29)25(33)19-10-11-21(27(3,4)5)22(14-19)35-9/h10-14,18,20,23,32H,15-17H2,1-9H3/t20-,23+,29-/m0/s1. The van der Waals surface area contributed by atoms with E-state index in [0.29, 0.717) is 29.2 Å². The van der Waals surface area contributed by atoms with Crippen molar-refractivity contribution in [2.75, 3.05) is 13.7 Å². The summed E-state index contributed by atoms with van der Waals surface area (Å²) in [5.74, 6) is -0.403. The maximum Gasteiger partial charge on any atom is 0.332 e. The van der Waals surface area contributed by atoms with Crippen molar-refractivity contribution >= 4 is 23.2 Å². The Labute approximate surface area is 225 Å². The minimum absolute atomic E-state index is 0.0926. The van der Waals surface area contributed by atoms with E-state index in [1.807, 2.05) is 46.1 Å². The molecule has 1 saturated heterocycles. The van der Waals surface area contributed by atoms with E-state index in [2.05, 4.69) is 25.8 Å². The van der Waals surface area contributed by atoms with Crippen molar-refractivity contribution in [3.8, 4) is 5.75 Å². The maximum absolute atomic E-state index is 14.5. The van der Waals surface area contributed by atoms with Gasteiger partial charge in [0.2, 0.25) is 0 Å². The van der Waals surface area contributed by atoms with E-state index in [-0.39, 0.29) is 29.8 Å². The van der Waals surface area contributed by atoms with E-state index >= 15 is 0 Å². The van der Waals surface area contributed by atoms with Crippen molar-refractivity contribution in [3.05, 3.63) is 45.9 Å². The molecule has 1 N–H and O–H groups in total. The quantitative estimate of drug-likeness (QED) is 0.457. The number of hydrogen-bond acceptors (Lipinski definition) is 7. The van der Waals surface area contributed by atoms with Crippen LogP contribution in [0.2, 0.25) is 0 Å². The summed E-state index contributed by atoms with van der Waals surface area (Å²) in [6.07, 6.45) is 2.39. The summed E-state index contributed by atoms with van der Waals surface area (Å²) in [6, 6.07) is 4.91. The number of likely N-dealkylation sites (tertiary alicyclic amines) is 1. The summed E-state index contributed by atoms with van der Waals surface area (Å²) in [5.41, 5.74) is -0.761. The number of amides is 1. The highest BCUT2D eigenvalue weighted by Crippen LogP contribution is 2.51. The number of hydrogen-bond donors (Lipinski definition) is 1. The normalized spacial score (nSPS) is 22.4. The van der Waals surface area contributed by atoms with Crippen LogP contribution in [0.3, 0.4) is 0 Å². The number of methoxy groups -OCH3 is 1. The molecule has 204 valence electrons. The van der Waals surface area contributed by atoms with Gasteiger partial charge in [0.05, 0.1) is 13.2 Å². The summed E-state index contributed by atoms with van der Waals surface area (Å²) in [7, 11) is 1.60. The Morgan fingerprint density at radius 3 is 2.38 bits per heavy atom. The molecule has 0 unspecified atom stereocenters. The monoisotopic (exact) mass is 530 g/mol. The van der Waals surface area contributed by atoms with Crippen molar-refractivity contribution < 1.29 is 24.2 Å². The van der Waals surface area contributed by atoms with Crippen molar-refractivity contribution in [3.63, 3.8) is 0 Å². The van der Waals surface area contributed by atoms with E-state index < -0.39 is 23.2 Å². The van der Waals surface area contributed by atoms with Crippen LogP contribution in [0.5, 0.6) is 5.75 Å². The predicted octanol–water partition coefficient (Wildman–Crippen LogP) is 5.77. The molecule has 1 fully saturated rings. The summed E-state index contributed by atoms with van der Waals surface area (Å²) in [4.78, 5) is 34.7. The van der Waals surface area contributed by atoms with Crippen LogP contribution in [-0.2, 0) is 14.9 Å². The molecule has 1 aromatic carbocycles. The van der Waals surface area contributed by atoms with Crippen LogP contribution in [0.15, 0.2) is 29.8 Å². The van der Waals surface area contributed by atoms with Gasteiger partial charge in [-0.3, -0.25) is 4.79 Å². The second-order valence-corrected chi connectivity index (χ2v) is 13.4. The van der Waals surface area contributed by atoms with Gasteiger partial charge in [-0.05, 0) is 62.6 Å². The predicted molar refractivity (Wildman–Crippen MR) is 146 cm³/mol. The number of nitrogens with zero attached hydrogens (tertiary/aromatic N) is 2. The molecule has 2 aromatic rings. The van der Waals surface area contributed by atoms with Crippen molar-refractivity contribution in [2.24, 2.45) is 11.8 Å². The van der Waals surface area contributed by atoms with Gasteiger partial charge in [-0.2, -0.15) is 0 Å². The van der Waals surface area contributed by atoms with Crippen molar-refractivity contribution in [2.45, 2.75) is 90.8 Å². The number of thiazole rings is 1. The molecule has 0 bridgehead atoms. The first-order valence-corrected chi connectivity index (χ1v) is 13.8. The van der Waals surface area contributed by atoms with Crippen LogP contribution in [0.25, 0.3) is 0 Å². The van der Waals surface area contributed by atoms with Crippen LogP contribution in [0, 0.1) is 11.8 Å². The lowest BCUT2D eigenvalue weighted by Crippen LogP contribution is -2.56. The van der Waals surface area contributed by atoms with E-state index in [1.165, 1.54) is 11.3 Å². The highest BCUT2D eigenvalue weighted by molar-refractivity contribution is 7.09. The molecule has 3 rings (SSSR count). The zero-order valence-electron chi connectivity index (χ0n) is 23.6. The zero-order chi connectivity index (χ0) is 27.8. The molecule has 8 heteroatoms. The van der Waals surface area contributed by atoms with Gasteiger partial charge in [-0.15, -0.1) is 11.3 Å². The molecule has 0 aliphatic carbocycles. The molecule has 1 aliphatic heterocycles. The fourth-order valence-electron chi connectivity index (χ4n) is 5.38. The van der Waals surface area contributed by atoms with Crippen LogP contribution >= 0.6 is 11.3 Å². The number of rotatable bonds is 7. The van der Waals surface area contributed by atoms with Crippen molar-refractivity contribution in [1.82, 2.24) is 9.88 Å². The van der Waals surface area contributed by atoms with Crippen LogP contribution in [-0.4, -0.2) is 51.7 Å². The van der Waals surface area contributed by atoms with Gasteiger partial charge in [0, 0.05) is 29.7 Å². The van der Waals surface area contributed by atoms with E-state index in [9.17, 15) is 14.7 Å². The number of carbonyl (C=O) groups excluding carboxylic acids is 2. The van der Waals surface area contributed by atoms with Crippen LogP contribution in [0.1, 0.15) is 95.2 Å². The fourth-order valence-corrected chi connectivity index (χ4v) is 6.20. The average Bonchev–Trinajstić information content (AvgIpc) is 3.42. The molecular formula is C29H42N2O5S. The Morgan fingerprint density at radius 1 is 1.22 bits per heavy atom. The highest BCUT2D eigenvalue weighted by atomic mass is 32.1. The highest BCUT2D eigenvalue weighted by Gasteiger charge is 2.60. The van der Waals surface area contributed by atoms with E-state index in [0.717, 1.165) is 5.56 Å². The van der Waals surface area contributed by atoms with Gasteiger partial charge < -0.3 is 19.5 Å². The fraction of sp³-hybridized carbons (Fsp3) is 0.621. The smallest absolute Gasteiger partial charge is 0.332 e. The third kappa shape index (κ3) is 6.01. The first-order chi connectivity index (χ1) is 17.1. The summed E-state index contributed by atoms with van der Waals surface area (Å²) in [5, 5.41) is 13.0. The number of esters is 1. The molecule has 2 heterocycles. The number of benzene rings is 1. The minimum Gasteiger partial charge on any atom is -0.496 e. The van der Waals surface area contributed by atoms with Gasteiger partial charge in [-0.1, -0.05) is 40.7 Å². The van der Waals surface area contributed by atoms with Gasteiger partial charge >= 0.3 is 5.97 Å². The van der Waals surface area contributed by atoms with Crippen LogP contribution in [0.4, 0.5) is 0 Å². The Kier molecular flexibility index (Phi) is 8.44. The number of carbonyl (C=O) groups is 2. The topological polar surface area (TPSA) is 89.0 Å². The second-order valence-electron chi connectivity index (χ2n) is 12.4. The van der Waals surface area contributed by atoms with Crippen molar-refractivity contribution in [1.29, 1.82) is 0 Å². The number of ether oxygens (including phenoxy) is 2. The zero-order valence-corrected chi connectivity index (χ0v) is 24.4. The Balaban J connectivity index is 2.24. The molecule has 3 atom stereocenters. The Bertz CT molecular complexity index is 1100. The molecule has 0 spiro atoms. The molecular weight excluding hydrogens is 488 g/mol. The first-order valence-electron chi connectivity index (χ1n) is 12.9. The van der Waals surface area contributed by atoms with Gasteiger partial charge in [0.15, 0.2) is 0 Å². The summed E-state index contributed by atoms with van der Waals surface area (Å²) < 4.78 is 11.6. The third-order valence-corrected chi connectivity index (χ3v) is 7.57. The van der Waals surface area contributed by atoms with Gasteiger partial charge in [0.1, 0.15) is 21.9 Å². The Hall–Kier alpha value is -2.45. The third-order valence-electron chi connectivity index (χ3n) is 6.72. The average molecular weight is 531 g/mol. The second kappa shape index (κ2) is 10.7. The van der Waals surface area contributed by atoms with Crippen LogP contribution < -0.4 is 4.74 Å². The Morgan fingerprint density at radius 2 is 1.89 bits per heavy atom. The summed E-state index contributed by atoms with van der Waals surface area (Å²) in [6.45, 7) is 15.6. The molecule has 1 aromatic heterocycles. The molecule has 37 heavy (non-hydrogen) atoms. The SMILES string of the molecule is COc1cc(C(=O)N2[C@@H](c3nccs3)[C@H](CO)C[C@@]2(CC(C)C)C(=O)OC(C)(C)C)ccc1C(C)(C)C. The number of aliphatic hydroxyl groups is 1. The lowest BCUT2D eigenvalue weighted by atomic mass is 9.83. The minimum atomic E-state index is -1.25. The van der Waals surface area contributed by atoms with Gasteiger partial charge in [0.25, 0.3) is 5.91 Å². The molecule has 0 radical (unpaired) electrons. The maximum atomic E-state index is 14.5. The number of aromatic nitrogens is 1. The van der Waals surface area contributed by atoms with E-state index in [4.69, 9.17) is 9.47 Å². The largest absolute Gasteiger partial charge is 0.496 e. The molecule has 0 saturated carbocycles. The first kappa shape index (κ1) is 29.1. The molecule has 7 nitrogen and oxygen atoms in total. The lowest BCUT2D eigenvalue weighted by molar-refractivity contribution is -0.168. The lowest BCUT2D eigenvalue weighted by Gasteiger charge is -2.41. The molecule has 1 amide bonds.